The van der Waals surface area contributed by atoms with Gasteiger partial charge in [0.05, 0.1) is 0 Å². The summed E-state index contributed by atoms with van der Waals surface area (Å²) in [5.74, 6) is 0.186. The van der Waals surface area contributed by atoms with Crippen molar-refractivity contribution in [1.29, 1.82) is 0 Å². The summed E-state index contributed by atoms with van der Waals surface area (Å²) in [5.41, 5.74) is 5.29. The smallest absolute Gasteiger partial charge is 0.321 e. The van der Waals surface area contributed by atoms with E-state index in [1.807, 2.05) is 36.4 Å². The van der Waals surface area contributed by atoms with E-state index < -0.39 is 12.0 Å². The first-order chi connectivity index (χ1) is 13.7. The summed E-state index contributed by atoms with van der Waals surface area (Å²) >= 11 is 0. The molecule has 28 heavy (non-hydrogen) atoms. The molecule has 1 aromatic heterocycles. The predicted molar refractivity (Wildman–Crippen MR) is 105 cm³/mol. The minimum atomic E-state index is -0.865. The van der Waals surface area contributed by atoms with Gasteiger partial charge >= 0.3 is 5.97 Å². The second kappa shape index (κ2) is 7.92. The van der Waals surface area contributed by atoms with Crippen molar-refractivity contribution in [1.82, 2.24) is 20.8 Å². The van der Waals surface area contributed by atoms with Gasteiger partial charge in [-0.15, -0.1) is 0 Å². The summed E-state index contributed by atoms with van der Waals surface area (Å²) in [6, 6.07) is 13.1. The molecule has 0 bridgehead atoms. The van der Waals surface area contributed by atoms with Crippen molar-refractivity contribution in [3.63, 3.8) is 0 Å². The number of carboxylic acid groups (broad SMARTS) is 1. The first-order valence-electron chi connectivity index (χ1n) is 9.30. The number of rotatable bonds is 6. The fraction of sp³-hybridized carbons (Fsp3) is 0.286. The van der Waals surface area contributed by atoms with E-state index in [2.05, 4.69) is 26.8 Å². The number of aliphatic carboxylic acids is 1. The van der Waals surface area contributed by atoms with Crippen molar-refractivity contribution in [2.24, 2.45) is 0 Å². The van der Waals surface area contributed by atoms with E-state index in [0.717, 1.165) is 36.2 Å². The van der Waals surface area contributed by atoms with Crippen molar-refractivity contribution in [2.45, 2.75) is 25.4 Å². The molecule has 3 aromatic rings. The number of aromatic nitrogens is 2. The number of nitrogens with zero attached hydrogens (tertiary/aromatic N) is 2. The second-order valence-electron chi connectivity index (χ2n) is 6.87. The maximum absolute atomic E-state index is 11.2. The summed E-state index contributed by atoms with van der Waals surface area (Å²) in [6.07, 6.45) is 1.35. The van der Waals surface area contributed by atoms with Gasteiger partial charge in [-0.3, -0.25) is 4.79 Å². The average molecular weight is 378 g/mol. The van der Waals surface area contributed by atoms with Gasteiger partial charge in [0, 0.05) is 17.7 Å². The zero-order chi connectivity index (χ0) is 19.5. The molecule has 0 amide bonds. The molecule has 7 heteroatoms. The van der Waals surface area contributed by atoms with Crippen LogP contribution < -0.4 is 10.6 Å². The zero-order valence-electron chi connectivity index (χ0n) is 15.6. The van der Waals surface area contributed by atoms with Crippen LogP contribution in [0.5, 0.6) is 0 Å². The highest BCUT2D eigenvalue weighted by molar-refractivity contribution is 5.74. The molecule has 144 valence electrons. The van der Waals surface area contributed by atoms with E-state index in [0.29, 0.717) is 18.1 Å². The molecule has 2 aromatic carbocycles. The Hall–Kier alpha value is -3.03. The molecule has 2 heterocycles. The lowest BCUT2D eigenvalue weighted by molar-refractivity contribution is -0.139. The van der Waals surface area contributed by atoms with Gasteiger partial charge in [-0.2, -0.15) is 4.98 Å². The fourth-order valence-corrected chi connectivity index (χ4v) is 3.52. The minimum absolute atomic E-state index is 0.411. The standard InChI is InChI=1S/C21H22N4O3/c1-22-18(21(26)27)11-13-5-7-14(8-6-13)19-24-20(28-25-19)17-4-2-3-15-12-23-10-9-16(15)17/h2-8,18,22-23H,9-12H2,1H3,(H,26,27). The highest BCUT2D eigenvalue weighted by Gasteiger charge is 2.19. The van der Waals surface area contributed by atoms with Crippen LogP contribution in [-0.2, 0) is 24.2 Å². The Labute approximate surface area is 162 Å². The highest BCUT2D eigenvalue weighted by atomic mass is 16.5. The molecule has 1 atom stereocenters. The molecule has 4 rings (SSSR count). The Balaban J connectivity index is 1.56. The molecule has 0 aliphatic carbocycles. The van der Waals surface area contributed by atoms with Crippen molar-refractivity contribution < 1.29 is 14.4 Å². The predicted octanol–water partition coefficient (Wildman–Crippen LogP) is 2.26. The number of benzene rings is 2. The van der Waals surface area contributed by atoms with Gasteiger partial charge in [-0.25, -0.2) is 0 Å². The molecule has 0 radical (unpaired) electrons. The van der Waals surface area contributed by atoms with Crippen molar-refractivity contribution in [2.75, 3.05) is 13.6 Å². The SMILES string of the molecule is CNC(Cc1ccc(-c2noc(-c3cccc4c3CCNC4)n2)cc1)C(=O)O. The van der Waals surface area contributed by atoms with E-state index in [4.69, 9.17) is 9.63 Å². The van der Waals surface area contributed by atoms with E-state index in [1.54, 1.807) is 7.05 Å². The third-order valence-corrected chi connectivity index (χ3v) is 5.10. The van der Waals surface area contributed by atoms with Crippen LogP contribution in [0.4, 0.5) is 0 Å². The third kappa shape index (κ3) is 3.67. The van der Waals surface area contributed by atoms with E-state index in [9.17, 15) is 4.79 Å². The summed E-state index contributed by atoms with van der Waals surface area (Å²) in [5, 5.41) is 19.5. The van der Waals surface area contributed by atoms with Crippen LogP contribution in [0.3, 0.4) is 0 Å². The molecular weight excluding hydrogens is 356 g/mol. The third-order valence-electron chi connectivity index (χ3n) is 5.10. The molecular formula is C21H22N4O3. The van der Waals surface area contributed by atoms with Gasteiger partial charge in [0.2, 0.25) is 5.82 Å². The number of nitrogens with one attached hydrogen (secondary N) is 2. The highest BCUT2D eigenvalue weighted by Crippen LogP contribution is 2.29. The summed E-state index contributed by atoms with van der Waals surface area (Å²) in [7, 11) is 1.65. The Morgan fingerprint density at radius 2 is 2.11 bits per heavy atom. The number of hydrogen-bond acceptors (Lipinski definition) is 6. The van der Waals surface area contributed by atoms with Gasteiger partial charge in [-0.1, -0.05) is 41.6 Å². The zero-order valence-corrected chi connectivity index (χ0v) is 15.6. The van der Waals surface area contributed by atoms with E-state index in [1.165, 1.54) is 11.1 Å². The monoisotopic (exact) mass is 378 g/mol. The summed E-state index contributed by atoms with van der Waals surface area (Å²) in [4.78, 5) is 15.8. The second-order valence-corrected chi connectivity index (χ2v) is 6.87. The quantitative estimate of drug-likeness (QED) is 0.605. The fourth-order valence-electron chi connectivity index (χ4n) is 3.52. The molecule has 3 N–H and O–H groups in total. The normalized spacial score (nSPS) is 14.5. The summed E-state index contributed by atoms with van der Waals surface area (Å²) < 4.78 is 5.55. The Bertz CT molecular complexity index is 982. The van der Waals surface area contributed by atoms with Crippen LogP contribution in [0, 0.1) is 0 Å². The van der Waals surface area contributed by atoms with Crippen LogP contribution in [0.25, 0.3) is 22.8 Å². The van der Waals surface area contributed by atoms with Gasteiger partial charge in [0.1, 0.15) is 6.04 Å². The molecule has 1 aliphatic heterocycles. The molecule has 0 fully saturated rings. The lowest BCUT2D eigenvalue weighted by Gasteiger charge is -2.18. The van der Waals surface area contributed by atoms with Crippen LogP contribution in [0.1, 0.15) is 16.7 Å². The Kier molecular flexibility index (Phi) is 5.18. The first kappa shape index (κ1) is 18.3. The summed E-state index contributed by atoms with van der Waals surface area (Å²) in [6.45, 7) is 1.80. The maximum Gasteiger partial charge on any atom is 0.321 e. The number of fused-ring (bicyclic) bond motifs is 1. The number of carboxylic acids is 1. The van der Waals surface area contributed by atoms with Crippen molar-refractivity contribution in [3.05, 3.63) is 59.2 Å². The maximum atomic E-state index is 11.2. The van der Waals surface area contributed by atoms with Crippen LogP contribution in [0.2, 0.25) is 0 Å². The van der Waals surface area contributed by atoms with E-state index >= 15 is 0 Å². The largest absolute Gasteiger partial charge is 0.480 e. The number of hydrogen-bond donors (Lipinski definition) is 3. The lowest BCUT2D eigenvalue weighted by atomic mass is 9.95. The molecule has 0 spiro atoms. The number of likely N-dealkylation sites (N-methyl/N-ethyl adjacent to an activating group) is 1. The van der Waals surface area contributed by atoms with Crippen LogP contribution in [-0.4, -0.2) is 40.9 Å². The van der Waals surface area contributed by atoms with Crippen LogP contribution in [0.15, 0.2) is 47.0 Å². The van der Waals surface area contributed by atoms with Gasteiger partial charge in [-0.05, 0) is 49.2 Å². The Morgan fingerprint density at radius 1 is 1.29 bits per heavy atom. The molecule has 0 saturated carbocycles. The van der Waals surface area contributed by atoms with Crippen molar-refractivity contribution in [3.8, 4) is 22.8 Å². The Morgan fingerprint density at radius 3 is 2.86 bits per heavy atom. The minimum Gasteiger partial charge on any atom is -0.480 e. The van der Waals surface area contributed by atoms with Gasteiger partial charge in [0.25, 0.3) is 5.89 Å². The molecule has 7 nitrogen and oxygen atoms in total. The van der Waals surface area contributed by atoms with E-state index in [-0.39, 0.29) is 0 Å². The average Bonchev–Trinajstić information content (AvgIpc) is 3.22. The number of carbonyl (C=O) groups is 1. The van der Waals surface area contributed by atoms with Gasteiger partial charge < -0.3 is 20.3 Å². The molecule has 1 unspecified atom stereocenters. The van der Waals surface area contributed by atoms with Crippen molar-refractivity contribution >= 4 is 5.97 Å². The molecule has 1 aliphatic rings. The lowest BCUT2D eigenvalue weighted by Crippen LogP contribution is -2.35. The van der Waals surface area contributed by atoms with Crippen LogP contribution >= 0.6 is 0 Å². The topological polar surface area (TPSA) is 100 Å². The molecule has 0 saturated heterocycles. The first-order valence-corrected chi connectivity index (χ1v) is 9.30. The van der Waals surface area contributed by atoms with Gasteiger partial charge in [0.15, 0.2) is 0 Å².